The minimum atomic E-state index is -0.578. The molecule has 0 aliphatic carbocycles. The third kappa shape index (κ3) is 9.88. The van der Waals surface area contributed by atoms with Crippen LogP contribution in [0.4, 0.5) is 10.8 Å². The minimum Gasteiger partial charge on any atom is -0.497 e. The number of anilines is 2. The first-order valence-electron chi connectivity index (χ1n) is 17.0. The lowest BCUT2D eigenvalue weighted by Gasteiger charge is -2.17. The molecule has 266 valence electrons. The summed E-state index contributed by atoms with van der Waals surface area (Å²) in [6.45, 7) is 4.23. The third-order valence-corrected chi connectivity index (χ3v) is 10.3. The Morgan fingerprint density at radius 2 is 1.47 bits per heavy atom. The summed E-state index contributed by atoms with van der Waals surface area (Å²) in [7, 11) is 1.62. The van der Waals surface area contributed by atoms with Crippen molar-refractivity contribution in [3.8, 4) is 17.0 Å². The molecule has 0 saturated heterocycles. The third-order valence-electron chi connectivity index (χ3n) is 8.25. The van der Waals surface area contributed by atoms with Crippen molar-refractivity contribution in [2.24, 2.45) is 0 Å². The van der Waals surface area contributed by atoms with Crippen LogP contribution in [-0.4, -0.2) is 29.8 Å². The Morgan fingerprint density at radius 1 is 0.774 bits per heavy atom. The van der Waals surface area contributed by atoms with E-state index in [0.29, 0.717) is 22.3 Å². The highest BCUT2D eigenvalue weighted by Gasteiger charge is 2.24. The SMILES string of the molecule is COc1cccc(-c2csc(NC(=O)C(Sc3ccc(NC(=O)/C(=C/c4ccc(C(C)C)cc4)NC(=O)c4ccccc4)cc3)c3ccccc3)n2)c1. The van der Waals surface area contributed by atoms with Gasteiger partial charge in [-0.2, -0.15) is 0 Å². The Kier molecular flexibility index (Phi) is 12.2. The standard InChI is InChI=1S/C43H38N4O4S2/c1-28(2)30-19-17-29(18-20-30)25-37(45-40(48)32-13-8-5-9-14-32)41(49)44-34-21-23-36(24-22-34)53-39(31-11-6-4-7-12-31)42(50)47-43-46-38(27-52-43)33-15-10-16-35(26-33)51-3/h4-28,39H,1-3H3,(H,44,49)(H,45,48)(H,46,47,50)/b37-25-. The molecule has 1 aromatic heterocycles. The summed E-state index contributed by atoms with van der Waals surface area (Å²) in [6.07, 6.45) is 1.66. The quantitative estimate of drug-likeness (QED) is 0.0804. The van der Waals surface area contributed by atoms with Crippen LogP contribution in [0.15, 0.2) is 149 Å². The van der Waals surface area contributed by atoms with Gasteiger partial charge in [0, 0.05) is 27.1 Å². The molecule has 0 spiro atoms. The Balaban J connectivity index is 1.17. The van der Waals surface area contributed by atoms with Crippen LogP contribution < -0.4 is 20.7 Å². The van der Waals surface area contributed by atoms with Crippen LogP contribution in [0, 0.1) is 0 Å². The Bertz CT molecular complexity index is 2200. The maximum absolute atomic E-state index is 13.8. The van der Waals surface area contributed by atoms with Crippen LogP contribution in [0.25, 0.3) is 17.3 Å². The molecular formula is C43H38N4O4S2. The molecule has 0 saturated carbocycles. The second kappa shape index (κ2) is 17.5. The van der Waals surface area contributed by atoms with E-state index in [1.54, 1.807) is 49.6 Å². The summed E-state index contributed by atoms with van der Waals surface area (Å²) in [5.74, 6) is 0.0171. The van der Waals surface area contributed by atoms with Crippen molar-refractivity contribution in [1.82, 2.24) is 10.3 Å². The van der Waals surface area contributed by atoms with Gasteiger partial charge < -0.3 is 20.7 Å². The van der Waals surface area contributed by atoms with E-state index in [4.69, 9.17) is 4.74 Å². The summed E-state index contributed by atoms with van der Waals surface area (Å²) in [4.78, 5) is 46.0. The molecule has 3 amide bonds. The minimum absolute atomic E-state index is 0.104. The molecule has 6 rings (SSSR count). The Hall–Kier alpha value is -5.97. The number of nitrogens with zero attached hydrogens (tertiary/aromatic N) is 1. The van der Waals surface area contributed by atoms with Crippen molar-refractivity contribution in [3.63, 3.8) is 0 Å². The van der Waals surface area contributed by atoms with Crippen LogP contribution in [0.2, 0.25) is 0 Å². The number of methoxy groups -OCH3 is 1. The van der Waals surface area contributed by atoms with Crippen LogP contribution in [0.1, 0.15) is 52.1 Å². The highest BCUT2D eigenvalue weighted by molar-refractivity contribution is 8.00. The number of ether oxygens (including phenoxy) is 1. The molecule has 10 heteroatoms. The summed E-state index contributed by atoms with van der Waals surface area (Å²) < 4.78 is 5.35. The maximum atomic E-state index is 13.8. The highest BCUT2D eigenvalue weighted by atomic mass is 32.2. The predicted octanol–water partition coefficient (Wildman–Crippen LogP) is 9.82. The second-order valence-corrected chi connectivity index (χ2v) is 14.4. The molecule has 0 radical (unpaired) electrons. The van der Waals surface area contributed by atoms with Crippen molar-refractivity contribution in [2.45, 2.75) is 29.9 Å². The fraction of sp³-hybridized carbons (Fsp3) is 0.116. The van der Waals surface area contributed by atoms with E-state index in [9.17, 15) is 14.4 Å². The summed E-state index contributed by atoms with van der Waals surface area (Å²) in [5, 5.41) is 10.5. The summed E-state index contributed by atoms with van der Waals surface area (Å²) >= 11 is 2.74. The lowest BCUT2D eigenvalue weighted by atomic mass is 10.0. The normalized spacial score (nSPS) is 11.8. The molecule has 6 aromatic rings. The van der Waals surface area contributed by atoms with Crippen LogP contribution in [0.5, 0.6) is 5.75 Å². The number of thiazole rings is 1. The van der Waals surface area contributed by atoms with Crippen molar-refractivity contribution in [1.29, 1.82) is 0 Å². The van der Waals surface area contributed by atoms with Crippen molar-refractivity contribution in [2.75, 3.05) is 17.7 Å². The van der Waals surface area contributed by atoms with Gasteiger partial charge in [0.1, 0.15) is 16.7 Å². The van der Waals surface area contributed by atoms with Gasteiger partial charge in [-0.05, 0) is 77.2 Å². The van der Waals surface area contributed by atoms with Gasteiger partial charge in [-0.3, -0.25) is 14.4 Å². The maximum Gasteiger partial charge on any atom is 0.272 e. The van der Waals surface area contributed by atoms with E-state index in [0.717, 1.165) is 33.0 Å². The van der Waals surface area contributed by atoms with Crippen molar-refractivity contribution >= 4 is 57.7 Å². The predicted molar refractivity (Wildman–Crippen MR) is 215 cm³/mol. The Morgan fingerprint density at radius 3 is 2.15 bits per heavy atom. The Labute approximate surface area is 317 Å². The first kappa shape index (κ1) is 36.8. The highest BCUT2D eigenvalue weighted by Crippen LogP contribution is 2.37. The lowest BCUT2D eigenvalue weighted by molar-refractivity contribution is -0.116. The zero-order valence-electron chi connectivity index (χ0n) is 29.4. The molecule has 1 unspecified atom stereocenters. The fourth-order valence-corrected chi connectivity index (χ4v) is 7.10. The topological polar surface area (TPSA) is 109 Å². The molecule has 0 bridgehead atoms. The monoisotopic (exact) mass is 738 g/mol. The molecule has 3 N–H and O–H groups in total. The number of hydrogen-bond donors (Lipinski definition) is 3. The van der Waals surface area contributed by atoms with Gasteiger partial charge >= 0.3 is 0 Å². The van der Waals surface area contributed by atoms with Gasteiger partial charge in [0.15, 0.2) is 5.13 Å². The molecule has 53 heavy (non-hydrogen) atoms. The number of nitrogens with one attached hydrogen (secondary N) is 3. The zero-order valence-corrected chi connectivity index (χ0v) is 31.0. The summed E-state index contributed by atoms with van der Waals surface area (Å²) in [5.41, 5.74) is 5.49. The number of benzene rings is 5. The van der Waals surface area contributed by atoms with E-state index in [1.807, 2.05) is 102 Å². The lowest BCUT2D eigenvalue weighted by Crippen LogP contribution is -2.30. The molecule has 5 aromatic carbocycles. The molecule has 8 nitrogen and oxygen atoms in total. The van der Waals surface area contributed by atoms with Crippen LogP contribution in [-0.2, 0) is 9.59 Å². The molecule has 1 atom stereocenters. The molecular weight excluding hydrogens is 701 g/mol. The van der Waals surface area contributed by atoms with E-state index in [2.05, 4.69) is 34.8 Å². The van der Waals surface area contributed by atoms with Crippen molar-refractivity contribution in [3.05, 3.63) is 167 Å². The molecule has 0 aliphatic rings. The second-order valence-electron chi connectivity index (χ2n) is 12.3. The number of amides is 3. The van der Waals surface area contributed by atoms with Gasteiger partial charge in [0.05, 0.1) is 12.8 Å². The number of aromatic nitrogens is 1. The number of rotatable bonds is 13. The van der Waals surface area contributed by atoms with Crippen LogP contribution in [0.3, 0.4) is 0 Å². The smallest absolute Gasteiger partial charge is 0.272 e. The largest absolute Gasteiger partial charge is 0.497 e. The first-order chi connectivity index (χ1) is 25.7. The number of hydrogen-bond acceptors (Lipinski definition) is 7. The van der Waals surface area contributed by atoms with Gasteiger partial charge in [-0.15, -0.1) is 23.1 Å². The van der Waals surface area contributed by atoms with E-state index in [1.165, 1.54) is 28.7 Å². The average molecular weight is 739 g/mol. The number of carbonyl (C=O) groups excluding carboxylic acids is 3. The van der Waals surface area contributed by atoms with Crippen LogP contribution >= 0.6 is 23.1 Å². The van der Waals surface area contributed by atoms with E-state index in [-0.39, 0.29) is 11.6 Å². The van der Waals surface area contributed by atoms with Crippen molar-refractivity contribution < 1.29 is 19.1 Å². The number of carbonyl (C=O) groups is 3. The molecule has 0 fully saturated rings. The van der Waals surface area contributed by atoms with Gasteiger partial charge in [-0.1, -0.05) is 98.8 Å². The van der Waals surface area contributed by atoms with Gasteiger partial charge in [-0.25, -0.2) is 4.98 Å². The fourth-order valence-electron chi connectivity index (χ4n) is 5.36. The number of thioether (sulfide) groups is 1. The van der Waals surface area contributed by atoms with E-state index < -0.39 is 17.1 Å². The molecule has 1 heterocycles. The average Bonchev–Trinajstić information content (AvgIpc) is 3.66. The van der Waals surface area contributed by atoms with Gasteiger partial charge in [0.2, 0.25) is 5.91 Å². The van der Waals surface area contributed by atoms with E-state index >= 15 is 0 Å². The first-order valence-corrected chi connectivity index (χ1v) is 18.7. The summed E-state index contributed by atoms with van der Waals surface area (Å²) in [6, 6.07) is 41.1. The molecule has 0 aliphatic heterocycles. The van der Waals surface area contributed by atoms with Gasteiger partial charge in [0.25, 0.3) is 11.8 Å². The zero-order chi connectivity index (χ0) is 37.2.